The number of hydrogen-bond donors (Lipinski definition) is 1. The molecule has 1 nitrogen and oxygen atoms in total. The van der Waals surface area contributed by atoms with Gasteiger partial charge in [0, 0.05) is 12.1 Å². The summed E-state index contributed by atoms with van der Waals surface area (Å²) in [5.74, 6) is 1.70. The molecule has 1 saturated carbocycles. The van der Waals surface area contributed by atoms with Gasteiger partial charge in [0.05, 0.1) is 0 Å². The van der Waals surface area contributed by atoms with E-state index in [1.165, 1.54) is 37.7 Å². The fourth-order valence-corrected chi connectivity index (χ4v) is 2.82. The van der Waals surface area contributed by atoms with Crippen molar-refractivity contribution in [1.82, 2.24) is 5.32 Å². The summed E-state index contributed by atoms with van der Waals surface area (Å²) in [5, 5.41) is 3.87. The molecule has 0 amide bonds. The predicted molar refractivity (Wildman–Crippen MR) is 83.2 cm³/mol. The molecule has 106 valence electrons. The summed E-state index contributed by atoms with van der Waals surface area (Å²) in [7, 11) is 0. The first-order valence-corrected chi connectivity index (χ1v) is 7.98. The molecule has 0 radical (unpaired) electrons. The van der Waals surface area contributed by atoms with Crippen molar-refractivity contribution < 1.29 is 0 Å². The van der Waals surface area contributed by atoms with E-state index in [9.17, 15) is 0 Å². The van der Waals surface area contributed by atoms with E-state index >= 15 is 0 Å². The minimum Gasteiger partial charge on any atom is -0.307 e. The Morgan fingerprint density at radius 3 is 2.32 bits per heavy atom. The Kier molecular flexibility index (Phi) is 5.45. The maximum atomic E-state index is 3.87. The molecule has 1 aliphatic carbocycles. The predicted octanol–water partition coefficient (Wildman–Crippen LogP) is 4.94. The number of hydrogen-bond acceptors (Lipinski definition) is 1. The fraction of sp³-hybridized carbons (Fsp3) is 0.667. The second kappa shape index (κ2) is 7.09. The third kappa shape index (κ3) is 4.99. The fourth-order valence-electron chi connectivity index (χ4n) is 2.82. The third-order valence-electron chi connectivity index (χ3n) is 4.13. The van der Waals surface area contributed by atoms with Gasteiger partial charge in [0.1, 0.15) is 0 Å². The zero-order chi connectivity index (χ0) is 13.7. The summed E-state index contributed by atoms with van der Waals surface area (Å²) < 4.78 is 0. The summed E-state index contributed by atoms with van der Waals surface area (Å²) >= 11 is 0. The Bertz CT molecular complexity index is 353. The number of benzene rings is 1. The Morgan fingerprint density at radius 1 is 1.05 bits per heavy atom. The van der Waals surface area contributed by atoms with Gasteiger partial charge in [-0.3, -0.25) is 0 Å². The lowest BCUT2D eigenvalue weighted by Crippen LogP contribution is -2.31. The highest BCUT2D eigenvalue weighted by atomic mass is 15.0. The highest BCUT2D eigenvalue weighted by Gasteiger charge is 2.32. The lowest BCUT2D eigenvalue weighted by molar-refractivity contribution is 0.386. The molecule has 2 atom stereocenters. The Hall–Kier alpha value is -0.820. The molecule has 1 fully saturated rings. The maximum Gasteiger partial charge on any atom is 0.0350 e. The maximum absolute atomic E-state index is 3.87. The van der Waals surface area contributed by atoms with E-state index in [-0.39, 0.29) is 0 Å². The van der Waals surface area contributed by atoms with Crippen molar-refractivity contribution in [3.05, 3.63) is 35.9 Å². The molecule has 0 bridgehead atoms. The highest BCUT2D eigenvalue weighted by Crippen LogP contribution is 2.41. The topological polar surface area (TPSA) is 12.0 Å². The average Bonchev–Trinajstić information content (AvgIpc) is 3.21. The largest absolute Gasteiger partial charge is 0.307 e. The van der Waals surface area contributed by atoms with Crippen LogP contribution >= 0.6 is 0 Å². The van der Waals surface area contributed by atoms with E-state index in [4.69, 9.17) is 0 Å². The molecule has 2 unspecified atom stereocenters. The lowest BCUT2D eigenvalue weighted by Gasteiger charge is -2.24. The number of nitrogens with one attached hydrogen (secondary N) is 1. The van der Waals surface area contributed by atoms with E-state index in [0.717, 1.165) is 11.8 Å². The van der Waals surface area contributed by atoms with Crippen LogP contribution in [0, 0.1) is 11.8 Å². The van der Waals surface area contributed by atoms with Gasteiger partial charge in [-0.15, -0.1) is 0 Å². The molecular weight excluding hydrogens is 230 g/mol. The normalized spacial score (nSPS) is 18.5. The van der Waals surface area contributed by atoms with Gasteiger partial charge in [0.15, 0.2) is 0 Å². The standard InChI is InChI=1S/C18H29N/c1-14(2)8-7-9-15(3)19-18(17-12-13-17)16-10-5-4-6-11-16/h4-6,10-11,14-15,17-19H,7-9,12-13H2,1-3H3. The molecule has 0 spiro atoms. The van der Waals surface area contributed by atoms with E-state index in [2.05, 4.69) is 56.4 Å². The first kappa shape index (κ1) is 14.6. The van der Waals surface area contributed by atoms with Crippen molar-refractivity contribution in [1.29, 1.82) is 0 Å². The molecule has 1 aliphatic rings. The minimum absolute atomic E-state index is 0.579. The van der Waals surface area contributed by atoms with Crippen LogP contribution in [-0.2, 0) is 0 Å². The van der Waals surface area contributed by atoms with Crippen LogP contribution in [0.2, 0.25) is 0 Å². The third-order valence-corrected chi connectivity index (χ3v) is 4.13. The van der Waals surface area contributed by atoms with Gasteiger partial charge >= 0.3 is 0 Å². The Labute approximate surface area is 118 Å². The number of rotatable bonds is 8. The van der Waals surface area contributed by atoms with Crippen LogP contribution in [0.15, 0.2) is 30.3 Å². The summed E-state index contributed by atoms with van der Waals surface area (Å²) in [6, 6.07) is 12.2. The first-order chi connectivity index (χ1) is 9.16. The SMILES string of the molecule is CC(C)CCCC(C)NC(c1ccccc1)C1CC1. The smallest absolute Gasteiger partial charge is 0.0350 e. The van der Waals surface area contributed by atoms with Crippen LogP contribution < -0.4 is 5.32 Å². The monoisotopic (exact) mass is 259 g/mol. The van der Waals surface area contributed by atoms with E-state index in [1.54, 1.807) is 0 Å². The van der Waals surface area contributed by atoms with Gasteiger partial charge < -0.3 is 5.32 Å². The van der Waals surface area contributed by atoms with Crippen LogP contribution in [0.3, 0.4) is 0 Å². The molecule has 1 heteroatoms. The molecule has 0 saturated heterocycles. The Balaban J connectivity index is 1.83. The van der Waals surface area contributed by atoms with E-state index in [1.807, 2.05) is 0 Å². The summed E-state index contributed by atoms with van der Waals surface area (Å²) in [4.78, 5) is 0. The summed E-state index contributed by atoms with van der Waals surface area (Å²) in [5.41, 5.74) is 1.47. The van der Waals surface area contributed by atoms with Crippen LogP contribution in [0.25, 0.3) is 0 Å². The molecule has 0 heterocycles. The highest BCUT2D eigenvalue weighted by molar-refractivity contribution is 5.21. The van der Waals surface area contributed by atoms with Crippen LogP contribution in [0.5, 0.6) is 0 Å². The second-order valence-corrected chi connectivity index (χ2v) is 6.62. The molecule has 19 heavy (non-hydrogen) atoms. The van der Waals surface area contributed by atoms with Gasteiger partial charge in [-0.05, 0) is 43.6 Å². The van der Waals surface area contributed by atoms with Gasteiger partial charge in [0.25, 0.3) is 0 Å². The summed E-state index contributed by atoms with van der Waals surface area (Å²) in [6.07, 6.45) is 6.79. The van der Waals surface area contributed by atoms with Gasteiger partial charge in [-0.1, -0.05) is 57.0 Å². The van der Waals surface area contributed by atoms with E-state index < -0.39 is 0 Å². The van der Waals surface area contributed by atoms with Gasteiger partial charge in [-0.25, -0.2) is 0 Å². The lowest BCUT2D eigenvalue weighted by atomic mass is 9.99. The van der Waals surface area contributed by atoms with Crippen molar-refractivity contribution >= 4 is 0 Å². The van der Waals surface area contributed by atoms with Crippen LogP contribution in [-0.4, -0.2) is 6.04 Å². The molecular formula is C18H29N. The van der Waals surface area contributed by atoms with Crippen molar-refractivity contribution in [3.8, 4) is 0 Å². The van der Waals surface area contributed by atoms with Crippen molar-refractivity contribution in [2.45, 2.75) is 65.0 Å². The van der Waals surface area contributed by atoms with Crippen molar-refractivity contribution in [3.63, 3.8) is 0 Å². The van der Waals surface area contributed by atoms with Crippen molar-refractivity contribution in [2.24, 2.45) is 11.8 Å². The molecule has 1 aromatic rings. The molecule has 0 aromatic heterocycles. The van der Waals surface area contributed by atoms with Crippen LogP contribution in [0.4, 0.5) is 0 Å². The summed E-state index contributed by atoms with van der Waals surface area (Å²) in [6.45, 7) is 6.97. The zero-order valence-electron chi connectivity index (χ0n) is 12.7. The van der Waals surface area contributed by atoms with Crippen LogP contribution in [0.1, 0.15) is 64.5 Å². The first-order valence-electron chi connectivity index (χ1n) is 7.98. The quantitative estimate of drug-likeness (QED) is 0.697. The van der Waals surface area contributed by atoms with E-state index in [0.29, 0.717) is 12.1 Å². The molecule has 0 aliphatic heterocycles. The zero-order valence-corrected chi connectivity index (χ0v) is 12.7. The second-order valence-electron chi connectivity index (χ2n) is 6.62. The Morgan fingerprint density at radius 2 is 1.74 bits per heavy atom. The molecule has 1 N–H and O–H groups in total. The molecule has 2 rings (SSSR count). The average molecular weight is 259 g/mol. The van der Waals surface area contributed by atoms with Gasteiger partial charge in [0.2, 0.25) is 0 Å². The molecule has 1 aromatic carbocycles. The van der Waals surface area contributed by atoms with Crippen molar-refractivity contribution in [2.75, 3.05) is 0 Å². The van der Waals surface area contributed by atoms with Gasteiger partial charge in [-0.2, -0.15) is 0 Å². The minimum atomic E-state index is 0.579.